The molecule has 156 valence electrons. The van der Waals surface area contributed by atoms with Gasteiger partial charge in [-0.15, -0.1) is 10.2 Å². The number of rotatable bonds is 6. The molecule has 0 aliphatic heterocycles. The average molecular weight is 439 g/mol. The molecule has 0 saturated carbocycles. The van der Waals surface area contributed by atoms with Gasteiger partial charge in [0.25, 0.3) is 0 Å². The van der Waals surface area contributed by atoms with Crippen LogP contribution in [0.15, 0.2) is 36.4 Å². The van der Waals surface area contributed by atoms with Crippen LogP contribution in [-0.2, 0) is 9.59 Å². The summed E-state index contributed by atoms with van der Waals surface area (Å²) in [5, 5.41) is 16.7. The van der Waals surface area contributed by atoms with Gasteiger partial charge in [-0.05, 0) is 48.5 Å². The van der Waals surface area contributed by atoms with E-state index < -0.39 is 47.5 Å². The molecule has 3 rings (SSSR count). The Morgan fingerprint density at radius 3 is 2.50 bits per heavy atom. The van der Waals surface area contributed by atoms with Gasteiger partial charge >= 0.3 is 0 Å². The lowest BCUT2D eigenvalue weighted by atomic mass is 10.2. The van der Waals surface area contributed by atoms with Crippen molar-refractivity contribution < 1.29 is 22.8 Å². The van der Waals surface area contributed by atoms with Crippen LogP contribution in [-0.4, -0.2) is 38.6 Å². The van der Waals surface area contributed by atoms with Gasteiger partial charge in [-0.3, -0.25) is 9.59 Å². The Labute approximate surface area is 173 Å². The Hall–Kier alpha value is -3.47. The van der Waals surface area contributed by atoms with Gasteiger partial charge in [-0.25, -0.2) is 13.2 Å². The standard InChI is InChI=1S/C18H14ClF3N6O2/c1-9(28-26-17(25-27-28)10-2-4-11(19)5-3-10)18(30)23-8-14(29)24-13-7-6-12(20)15(21)16(13)22/h2-7,9H,8H2,1H3,(H,23,30)(H,24,29)/t9-/m0/s1. The van der Waals surface area contributed by atoms with Crippen molar-refractivity contribution in [3.8, 4) is 11.4 Å². The number of hydrogen-bond acceptors (Lipinski definition) is 5. The predicted molar refractivity (Wildman–Crippen MR) is 101 cm³/mol. The number of nitrogens with zero attached hydrogens (tertiary/aromatic N) is 4. The van der Waals surface area contributed by atoms with Crippen molar-refractivity contribution in [2.24, 2.45) is 0 Å². The number of nitrogens with one attached hydrogen (secondary N) is 2. The molecule has 12 heteroatoms. The normalized spacial score (nSPS) is 11.8. The first kappa shape index (κ1) is 21.2. The molecule has 2 N–H and O–H groups in total. The molecule has 0 aliphatic rings. The van der Waals surface area contributed by atoms with E-state index in [1.807, 2.05) is 5.32 Å². The van der Waals surface area contributed by atoms with Gasteiger partial charge in [0.1, 0.15) is 6.04 Å². The predicted octanol–water partition coefficient (Wildman–Crippen LogP) is 2.73. The largest absolute Gasteiger partial charge is 0.345 e. The van der Waals surface area contributed by atoms with E-state index >= 15 is 0 Å². The second-order valence-electron chi connectivity index (χ2n) is 6.11. The van der Waals surface area contributed by atoms with E-state index in [2.05, 4.69) is 20.7 Å². The van der Waals surface area contributed by atoms with Gasteiger partial charge in [-0.1, -0.05) is 11.6 Å². The Morgan fingerprint density at radius 1 is 1.10 bits per heavy atom. The number of anilines is 1. The van der Waals surface area contributed by atoms with Gasteiger partial charge < -0.3 is 10.6 Å². The SMILES string of the molecule is C[C@@H](C(=O)NCC(=O)Nc1ccc(F)c(F)c1F)n1nnc(-c2ccc(Cl)cc2)n1. The fourth-order valence-corrected chi connectivity index (χ4v) is 2.47. The number of carbonyl (C=O) groups excluding carboxylic acids is 2. The van der Waals surface area contributed by atoms with E-state index in [0.717, 1.165) is 10.9 Å². The molecule has 1 aromatic heterocycles. The summed E-state index contributed by atoms with van der Waals surface area (Å²) in [6.45, 7) is 0.940. The number of amides is 2. The molecule has 30 heavy (non-hydrogen) atoms. The summed E-state index contributed by atoms with van der Waals surface area (Å²) in [6, 6.07) is 7.32. The van der Waals surface area contributed by atoms with Crippen LogP contribution in [0.1, 0.15) is 13.0 Å². The highest BCUT2D eigenvalue weighted by atomic mass is 35.5. The van der Waals surface area contributed by atoms with E-state index in [9.17, 15) is 22.8 Å². The van der Waals surface area contributed by atoms with Crippen LogP contribution in [0, 0.1) is 17.5 Å². The third-order valence-electron chi connectivity index (χ3n) is 3.99. The van der Waals surface area contributed by atoms with Crippen molar-refractivity contribution >= 4 is 29.1 Å². The van der Waals surface area contributed by atoms with Gasteiger partial charge in [0.2, 0.25) is 17.6 Å². The van der Waals surface area contributed by atoms with Crippen LogP contribution in [0.25, 0.3) is 11.4 Å². The Balaban J connectivity index is 1.58. The second-order valence-corrected chi connectivity index (χ2v) is 6.54. The van der Waals surface area contributed by atoms with Crippen LogP contribution in [0.5, 0.6) is 0 Å². The summed E-state index contributed by atoms with van der Waals surface area (Å²) in [6.07, 6.45) is 0. The smallest absolute Gasteiger partial charge is 0.246 e. The molecule has 2 amide bonds. The summed E-state index contributed by atoms with van der Waals surface area (Å²) in [5.41, 5.74) is 0.0953. The number of benzene rings is 2. The zero-order chi connectivity index (χ0) is 21.8. The highest BCUT2D eigenvalue weighted by Crippen LogP contribution is 2.20. The van der Waals surface area contributed by atoms with E-state index in [4.69, 9.17) is 11.6 Å². The van der Waals surface area contributed by atoms with Crippen LogP contribution in [0.2, 0.25) is 5.02 Å². The highest BCUT2D eigenvalue weighted by molar-refractivity contribution is 6.30. The van der Waals surface area contributed by atoms with Gasteiger partial charge in [-0.2, -0.15) is 4.80 Å². The Kier molecular flexibility index (Phi) is 6.31. The summed E-state index contributed by atoms with van der Waals surface area (Å²) >= 11 is 5.83. The molecule has 0 fully saturated rings. The van der Waals surface area contributed by atoms with Gasteiger partial charge in [0.15, 0.2) is 17.5 Å². The minimum atomic E-state index is -1.71. The maximum atomic E-state index is 13.6. The molecule has 1 atom stereocenters. The first-order chi connectivity index (χ1) is 14.3. The van der Waals surface area contributed by atoms with Gasteiger partial charge in [0.05, 0.1) is 12.2 Å². The van der Waals surface area contributed by atoms with Crippen molar-refractivity contribution in [1.82, 2.24) is 25.5 Å². The zero-order valence-corrected chi connectivity index (χ0v) is 16.1. The average Bonchev–Trinajstić information content (AvgIpc) is 3.22. The van der Waals surface area contributed by atoms with Crippen molar-refractivity contribution in [3.05, 3.63) is 58.9 Å². The maximum absolute atomic E-state index is 13.6. The maximum Gasteiger partial charge on any atom is 0.246 e. The number of tetrazole rings is 1. The molecule has 1 heterocycles. The second kappa shape index (κ2) is 8.91. The molecule has 0 saturated heterocycles. The fourth-order valence-electron chi connectivity index (χ4n) is 2.34. The fraction of sp³-hybridized carbons (Fsp3) is 0.167. The molecular weight excluding hydrogens is 425 g/mol. The van der Waals surface area contributed by atoms with E-state index in [1.54, 1.807) is 24.3 Å². The molecule has 0 radical (unpaired) electrons. The quantitative estimate of drug-likeness (QED) is 0.576. The van der Waals surface area contributed by atoms with E-state index in [1.165, 1.54) is 6.92 Å². The molecular formula is C18H14ClF3N6O2. The summed E-state index contributed by atoms with van der Waals surface area (Å²) in [7, 11) is 0. The molecule has 0 spiro atoms. The molecule has 0 unspecified atom stereocenters. The number of carbonyl (C=O) groups is 2. The zero-order valence-electron chi connectivity index (χ0n) is 15.4. The van der Waals surface area contributed by atoms with Crippen molar-refractivity contribution in [2.45, 2.75) is 13.0 Å². The molecule has 2 aromatic carbocycles. The molecule has 0 bridgehead atoms. The van der Waals surface area contributed by atoms with Gasteiger partial charge in [0, 0.05) is 10.6 Å². The summed E-state index contributed by atoms with van der Waals surface area (Å²) in [4.78, 5) is 25.2. The van der Waals surface area contributed by atoms with E-state index in [-0.39, 0.29) is 5.82 Å². The molecule has 8 nitrogen and oxygen atoms in total. The number of aromatic nitrogens is 4. The lowest BCUT2D eigenvalue weighted by molar-refractivity contribution is -0.126. The van der Waals surface area contributed by atoms with Crippen molar-refractivity contribution in [3.63, 3.8) is 0 Å². The highest BCUT2D eigenvalue weighted by Gasteiger charge is 2.20. The molecule has 3 aromatic rings. The van der Waals surface area contributed by atoms with Crippen molar-refractivity contribution in [2.75, 3.05) is 11.9 Å². The lowest BCUT2D eigenvalue weighted by Crippen LogP contribution is -2.37. The minimum absolute atomic E-state index is 0.276. The third-order valence-corrected chi connectivity index (χ3v) is 4.24. The number of hydrogen-bond donors (Lipinski definition) is 2. The van der Waals surface area contributed by atoms with Crippen molar-refractivity contribution in [1.29, 1.82) is 0 Å². The Bertz CT molecular complexity index is 1090. The third kappa shape index (κ3) is 4.74. The van der Waals surface area contributed by atoms with E-state index in [0.29, 0.717) is 16.7 Å². The first-order valence-electron chi connectivity index (χ1n) is 8.52. The lowest BCUT2D eigenvalue weighted by Gasteiger charge is -2.11. The number of halogens is 4. The first-order valence-corrected chi connectivity index (χ1v) is 8.90. The topological polar surface area (TPSA) is 102 Å². The van der Waals surface area contributed by atoms with Crippen LogP contribution in [0.4, 0.5) is 18.9 Å². The minimum Gasteiger partial charge on any atom is -0.345 e. The summed E-state index contributed by atoms with van der Waals surface area (Å²) in [5.74, 6) is -5.81. The van der Waals surface area contributed by atoms with Crippen LogP contribution < -0.4 is 10.6 Å². The van der Waals surface area contributed by atoms with Crippen LogP contribution >= 0.6 is 11.6 Å². The van der Waals surface area contributed by atoms with Crippen LogP contribution in [0.3, 0.4) is 0 Å². The summed E-state index contributed by atoms with van der Waals surface area (Å²) < 4.78 is 39.7. The monoisotopic (exact) mass is 438 g/mol. The molecule has 0 aliphatic carbocycles. The Morgan fingerprint density at radius 2 is 1.80 bits per heavy atom.